The molecule has 0 bridgehead atoms. The van der Waals surface area contributed by atoms with Crippen LogP contribution < -0.4 is 0 Å². The molecule has 0 radical (unpaired) electrons. The van der Waals surface area contributed by atoms with Crippen LogP contribution in [0.2, 0.25) is 0 Å². The van der Waals surface area contributed by atoms with Crippen molar-refractivity contribution in [1.29, 1.82) is 0 Å². The Kier molecular flexibility index (Phi) is 4.03. The van der Waals surface area contributed by atoms with Gasteiger partial charge in [0.1, 0.15) is 6.33 Å². The summed E-state index contributed by atoms with van der Waals surface area (Å²) in [6.07, 6.45) is 6.31. The van der Waals surface area contributed by atoms with Gasteiger partial charge in [0.05, 0.1) is 11.3 Å². The number of fused-ring (bicyclic) bond motifs is 1. The van der Waals surface area contributed by atoms with E-state index in [-0.39, 0.29) is 11.8 Å². The Bertz CT molecular complexity index is 776. The molecule has 4 rings (SSSR count). The number of aliphatic hydroxyl groups is 1. The molecule has 2 aromatic rings. The molecule has 1 N–H and O–H groups in total. The Labute approximate surface area is 146 Å². The van der Waals surface area contributed by atoms with Crippen LogP contribution in [0.4, 0.5) is 0 Å². The number of hydrogen-bond acceptors (Lipinski definition) is 5. The lowest BCUT2D eigenvalue weighted by atomic mass is 9.71. The summed E-state index contributed by atoms with van der Waals surface area (Å²) in [4.78, 5) is 14.9. The number of rotatable bonds is 2. The van der Waals surface area contributed by atoms with Crippen LogP contribution in [-0.4, -0.2) is 54.8 Å². The van der Waals surface area contributed by atoms with Crippen molar-refractivity contribution in [2.24, 2.45) is 5.92 Å². The molecule has 7 heteroatoms. The van der Waals surface area contributed by atoms with Crippen LogP contribution in [0, 0.1) is 12.8 Å². The number of hydrogen-bond donors (Lipinski definition) is 1. The zero-order valence-corrected chi connectivity index (χ0v) is 14.4. The van der Waals surface area contributed by atoms with Gasteiger partial charge in [-0.3, -0.25) is 4.79 Å². The minimum atomic E-state index is -0.570. The molecule has 1 saturated carbocycles. The van der Waals surface area contributed by atoms with Crippen LogP contribution in [0.15, 0.2) is 24.5 Å². The van der Waals surface area contributed by atoms with Gasteiger partial charge in [0, 0.05) is 24.6 Å². The monoisotopic (exact) mass is 341 g/mol. The molecule has 1 aromatic heterocycles. The molecule has 1 aromatic carbocycles. The molecule has 1 aliphatic carbocycles. The van der Waals surface area contributed by atoms with Crippen LogP contribution in [0.1, 0.15) is 48.0 Å². The normalized spacial score (nSPS) is 26.3. The van der Waals surface area contributed by atoms with Gasteiger partial charge in [-0.1, -0.05) is 18.9 Å². The van der Waals surface area contributed by atoms with E-state index in [1.165, 1.54) is 6.33 Å². The van der Waals surface area contributed by atoms with Crippen molar-refractivity contribution in [2.45, 2.75) is 44.6 Å². The molecule has 132 valence electrons. The largest absolute Gasteiger partial charge is 0.389 e. The molecule has 1 saturated heterocycles. The minimum absolute atomic E-state index is 0.0157. The van der Waals surface area contributed by atoms with E-state index in [1.54, 1.807) is 4.68 Å². The fourth-order valence-electron chi connectivity index (χ4n) is 4.20. The average molecular weight is 341 g/mol. The molecule has 0 spiro atoms. The Morgan fingerprint density at radius 1 is 1.32 bits per heavy atom. The summed E-state index contributed by atoms with van der Waals surface area (Å²) in [5.41, 5.74) is 1.88. The van der Waals surface area contributed by atoms with Crippen LogP contribution in [0.5, 0.6) is 0 Å². The summed E-state index contributed by atoms with van der Waals surface area (Å²) >= 11 is 0. The predicted molar refractivity (Wildman–Crippen MR) is 91.3 cm³/mol. The zero-order chi connectivity index (χ0) is 17.4. The van der Waals surface area contributed by atoms with E-state index in [1.807, 2.05) is 30.0 Å². The van der Waals surface area contributed by atoms with Crippen molar-refractivity contribution in [3.05, 3.63) is 35.7 Å². The summed E-state index contributed by atoms with van der Waals surface area (Å²) in [6.45, 7) is 3.22. The van der Waals surface area contributed by atoms with Gasteiger partial charge in [-0.25, -0.2) is 4.68 Å². The highest BCUT2D eigenvalue weighted by Gasteiger charge is 2.43. The second kappa shape index (κ2) is 6.22. The lowest BCUT2D eigenvalue weighted by molar-refractivity contribution is -0.0886. The minimum Gasteiger partial charge on any atom is -0.389 e. The first-order valence-corrected chi connectivity index (χ1v) is 8.92. The van der Waals surface area contributed by atoms with Gasteiger partial charge in [-0.2, -0.15) is 0 Å². The van der Waals surface area contributed by atoms with Crippen molar-refractivity contribution >= 4 is 5.91 Å². The van der Waals surface area contributed by atoms with Gasteiger partial charge in [0.25, 0.3) is 5.91 Å². The van der Waals surface area contributed by atoms with E-state index in [4.69, 9.17) is 0 Å². The maximum Gasteiger partial charge on any atom is 0.253 e. The molecule has 2 atom stereocenters. The first kappa shape index (κ1) is 16.2. The fourth-order valence-corrected chi connectivity index (χ4v) is 4.20. The number of aromatic nitrogens is 4. The van der Waals surface area contributed by atoms with Gasteiger partial charge < -0.3 is 10.0 Å². The smallest absolute Gasteiger partial charge is 0.253 e. The molecular formula is C18H23N5O2. The fraction of sp³-hybridized carbons (Fsp3) is 0.556. The molecular weight excluding hydrogens is 318 g/mol. The molecule has 2 heterocycles. The molecule has 7 nitrogen and oxygen atoms in total. The first-order chi connectivity index (χ1) is 12.1. The van der Waals surface area contributed by atoms with Crippen molar-refractivity contribution in [1.82, 2.24) is 25.1 Å². The van der Waals surface area contributed by atoms with E-state index in [9.17, 15) is 9.90 Å². The standard InChI is InChI=1S/C18H23N5O2/c1-13-5-6-14(10-16(13)23-12-19-20-21-23)17(24)22-9-8-18(25)7-3-2-4-15(18)11-22/h5-6,10,12,15,25H,2-4,7-9,11H2,1H3/t15-,18-/m0/s1. The van der Waals surface area contributed by atoms with Crippen LogP contribution in [-0.2, 0) is 0 Å². The van der Waals surface area contributed by atoms with Gasteiger partial charge in [0.2, 0.25) is 0 Å². The second-order valence-electron chi connectivity index (χ2n) is 7.30. The number of carbonyl (C=O) groups is 1. The highest BCUT2D eigenvalue weighted by atomic mass is 16.3. The van der Waals surface area contributed by atoms with E-state index >= 15 is 0 Å². The lowest BCUT2D eigenvalue weighted by Crippen LogP contribution is -2.54. The topological polar surface area (TPSA) is 84.1 Å². The Balaban J connectivity index is 1.56. The lowest BCUT2D eigenvalue weighted by Gasteiger charge is -2.47. The van der Waals surface area contributed by atoms with Gasteiger partial charge in [0.15, 0.2) is 0 Å². The molecule has 1 aliphatic heterocycles. The summed E-state index contributed by atoms with van der Waals surface area (Å²) in [5.74, 6) is 0.213. The SMILES string of the molecule is Cc1ccc(C(=O)N2CC[C@@]3(O)CCCC[C@H]3C2)cc1-n1cnnn1. The third kappa shape index (κ3) is 2.93. The highest BCUT2D eigenvalue weighted by Crippen LogP contribution is 2.40. The highest BCUT2D eigenvalue weighted by molar-refractivity contribution is 5.95. The molecule has 25 heavy (non-hydrogen) atoms. The Hall–Kier alpha value is -2.28. The second-order valence-corrected chi connectivity index (χ2v) is 7.30. The van der Waals surface area contributed by atoms with Gasteiger partial charge >= 0.3 is 0 Å². The van der Waals surface area contributed by atoms with E-state index in [2.05, 4.69) is 15.5 Å². The third-order valence-corrected chi connectivity index (χ3v) is 5.77. The van der Waals surface area contributed by atoms with Crippen molar-refractivity contribution in [2.75, 3.05) is 13.1 Å². The zero-order valence-electron chi connectivity index (χ0n) is 14.4. The van der Waals surface area contributed by atoms with Crippen molar-refractivity contribution in [3.63, 3.8) is 0 Å². The van der Waals surface area contributed by atoms with E-state index < -0.39 is 5.60 Å². The summed E-state index contributed by atoms with van der Waals surface area (Å²) in [6, 6.07) is 5.62. The molecule has 2 aliphatic rings. The Morgan fingerprint density at radius 3 is 3.00 bits per heavy atom. The van der Waals surface area contributed by atoms with Crippen molar-refractivity contribution < 1.29 is 9.90 Å². The number of benzene rings is 1. The molecule has 1 amide bonds. The van der Waals surface area contributed by atoms with Crippen molar-refractivity contribution in [3.8, 4) is 5.69 Å². The number of nitrogens with zero attached hydrogens (tertiary/aromatic N) is 5. The predicted octanol–water partition coefficient (Wildman–Crippen LogP) is 1.74. The number of amides is 1. The summed E-state index contributed by atoms with van der Waals surface area (Å²) in [7, 11) is 0. The van der Waals surface area contributed by atoms with E-state index in [0.717, 1.165) is 36.9 Å². The molecule has 0 unspecified atom stereocenters. The number of tetrazole rings is 1. The third-order valence-electron chi connectivity index (χ3n) is 5.77. The van der Waals surface area contributed by atoms with Gasteiger partial charge in [-0.15, -0.1) is 5.10 Å². The summed E-state index contributed by atoms with van der Waals surface area (Å²) in [5, 5.41) is 22.1. The number of carbonyl (C=O) groups excluding carboxylic acids is 1. The van der Waals surface area contributed by atoms with Gasteiger partial charge in [-0.05, 0) is 54.3 Å². The maximum absolute atomic E-state index is 13.0. The number of likely N-dealkylation sites (tertiary alicyclic amines) is 1. The average Bonchev–Trinajstić information content (AvgIpc) is 3.15. The molecule has 2 fully saturated rings. The quantitative estimate of drug-likeness (QED) is 0.899. The maximum atomic E-state index is 13.0. The first-order valence-electron chi connectivity index (χ1n) is 8.92. The van der Waals surface area contributed by atoms with Crippen LogP contribution >= 0.6 is 0 Å². The summed E-state index contributed by atoms with van der Waals surface area (Å²) < 4.78 is 1.57. The number of aryl methyl sites for hydroxylation is 1. The van der Waals surface area contributed by atoms with E-state index in [0.29, 0.717) is 25.1 Å². The Morgan fingerprint density at radius 2 is 2.20 bits per heavy atom. The van der Waals surface area contributed by atoms with Crippen LogP contribution in [0.3, 0.4) is 0 Å². The van der Waals surface area contributed by atoms with Crippen LogP contribution in [0.25, 0.3) is 5.69 Å². The number of piperidine rings is 1.